The maximum atomic E-state index is 13.0. The number of aliphatic imine (C=N–C) groups is 1. The van der Waals surface area contributed by atoms with Crippen molar-refractivity contribution in [2.45, 2.75) is 32.0 Å². The number of carbonyl (C=O) groups is 1. The summed E-state index contributed by atoms with van der Waals surface area (Å²) < 4.78 is 44.1. The molecular weight excluding hydrogens is 528 g/mol. The number of pyridine rings is 1. The predicted molar refractivity (Wildman–Crippen MR) is 123 cm³/mol. The Bertz CT molecular complexity index is 712. The Morgan fingerprint density at radius 1 is 1.35 bits per heavy atom. The molecule has 8 nitrogen and oxygen atoms in total. The number of nitrogens with zero attached hydrogens (tertiary/aromatic N) is 3. The fourth-order valence-corrected chi connectivity index (χ4v) is 3.05. The summed E-state index contributed by atoms with van der Waals surface area (Å²) in [5.41, 5.74) is -0.900. The molecule has 1 aromatic heterocycles. The summed E-state index contributed by atoms with van der Waals surface area (Å²) in [6.45, 7) is 4.73. The van der Waals surface area contributed by atoms with Crippen molar-refractivity contribution in [1.29, 1.82) is 0 Å². The highest BCUT2D eigenvalue weighted by Gasteiger charge is 2.35. The number of guanidine groups is 1. The number of hydrogen-bond donors (Lipinski definition) is 3. The van der Waals surface area contributed by atoms with Crippen molar-refractivity contribution in [2.24, 2.45) is 4.99 Å². The highest BCUT2D eigenvalue weighted by atomic mass is 127. The molecule has 2 rings (SSSR count). The number of likely N-dealkylation sites (tertiary alicyclic amines) is 1. The van der Waals surface area contributed by atoms with Crippen molar-refractivity contribution in [3.63, 3.8) is 0 Å². The maximum absolute atomic E-state index is 13.0. The smallest absolute Gasteiger partial charge is 0.421 e. The van der Waals surface area contributed by atoms with Crippen molar-refractivity contribution < 1.29 is 22.7 Å². The number of hydrogen-bond acceptors (Lipinski definition) is 5. The number of carbonyl (C=O) groups excluding carboxylic acids is 1. The second kappa shape index (κ2) is 13.6. The van der Waals surface area contributed by atoms with E-state index >= 15 is 0 Å². The SMILES string of the molecule is CCNC(=NCCOc1ncccc1C(F)(F)F)NC1CCN(CC(=O)NC)CC1.I. The number of alkyl halides is 3. The van der Waals surface area contributed by atoms with Crippen LogP contribution in [0.4, 0.5) is 13.2 Å². The van der Waals surface area contributed by atoms with Crippen LogP contribution in [0.1, 0.15) is 25.3 Å². The molecule has 0 saturated carbocycles. The monoisotopic (exact) mass is 558 g/mol. The molecule has 0 bridgehead atoms. The Morgan fingerprint density at radius 2 is 2.06 bits per heavy atom. The molecule has 1 amide bonds. The number of likely N-dealkylation sites (N-methyl/N-ethyl adjacent to an activating group) is 1. The average molecular weight is 558 g/mol. The summed E-state index contributed by atoms with van der Waals surface area (Å²) in [6, 6.07) is 2.37. The van der Waals surface area contributed by atoms with Crippen LogP contribution in [-0.2, 0) is 11.0 Å². The van der Waals surface area contributed by atoms with Crippen molar-refractivity contribution in [3.05, 3.63) is 23.9 Å². The van der Waals surface area contributed by atoms with Gasteiger partial charge in [-0.05, 0) is 31.9 Å². The van der Waals surface area contributed by atoms with Crippen LogP contribution in [0.25, 0.3) is 0 Å². The van der Waals surface area contributed by atoms with E-state index in [1.54, 1.807) is 7.05 Å². The molecular formula is C19H30F3IN6O2. The molecule has 0 radical (unpaired) electrons. The lowest BCUT2D eigenvalue weighted by Gasteiger charge is -2.32. The minimum absolute atomic E-state index is 0. The van der Waals surface area contributed by atoms with E-state index < -0.39 is 17.6 Å². The van der Waals surface area contributed by atoms with Crippen LogP contribution in [0.5, 0.6) is 5.88 Å². The number of rotatable bonds is 8. The first kappa shape index (κ1) is 27.2. The molecule has 0 unspecified atom stereocenters. The van der Waals surface area contributed by atoms with Gasteiger partial charge in [0.1, 0.15) is 12.2 Å². The number of piperidine rings is 1. The molecule has 1 aliphatic heterocycles. The Hall–Kier alpha value is -1.83. The van der Waals surface area contributed by atoms with Crippen LogP contribution in [0.2, 0.25) is 0 Å². The van der Waals surface area contributed by atoms with Gasteiger partial charge in [-0.2, -0.15) is 13.2 Å². The molecule has 1 aromatic rings. The van der Waals surface area contributed by atoms with E-state index in [0.717, 1.165) is 32.0 Å². The first-order chi connectivity index (χ1) is 14.3. The molecule has 1 aliphatic rings. The standard InChI is InChI=1S/C19H29F3N6O2.HI/c1-3-24-18(27-14-6-10-28(11-7-14)13-16(29)23-2)26-9-12-30-17-15(19(20,21)22)5-4-8-25-17;/h4-5,8,14H,3,6-7,9-13H2,1-2H3,(H,23,29)(H2,24,26,27);1H. The normalized spacial score (nSPS) is 15.7. The Labute approximate surface area is 197 Å². The van der Waals surface area contributed by atoms with Crippen LogP contribution in [0, 0.1) is 0 Å². The minimum atomic E-state index is -4.52. The van der Waals surface area contributed by atoms with Crippen LogP contribution >= 0.6 is 24.0 Å². The van der Waals surface area contributed by atoms with Gasteiger partial charge >= 0.3 is 6.18 Å². The summed E-state index contributed by atoms with van der Waals surface area (Å²) in [4.78, 5) is 21.6. The summed E-state index contributed by atoms with van der Waals surface area (Å²) in [7, 11) is 1.62. The van der Waals surface area contributed by atoms with E-state index in [1.165, 1.54) is 12.3 Å². The zero-order valence-electron chi connectivity index (χ0n) is 17.7. The third kappa shape index (κ3) is 9.46. The average Bonchev–Trinajstić information content (AvgIpc) is 2.72. The van der Waals surface area contributed by atoms with Gasteiger partial charge in [0.2, 0.25) is 11.8 Å². The zero-order valence-corrected chi connectivity index (χ0v) is 20.0. The molecule has 0 spiro atoms. The largest absolute Gasteiger partial charge is 0.475 e. The minimum Gasteiger partial charge on any atom is -0.475 e. The highest BCUT2D eigenvalue weighted by Crippen LogP contribution is 2.34. The van der Waals surface area contributed by atoms with Gasteiger partial charge in [0.15, 0.2) is 5.96 Å². The van der Waals surface area contributed by atoms with Crippen molar-refractivity contribution in [3.8, 4) is 5.88 Å². The van der Waals surface area contributed by atoms with Gasteiger partial charge in [0.25, 0.3) is 0 Å². The van der Waals surface area contributed by atoms with Crippen LogP contribution in [0.15, 0.2) is 23.3 Å². The predicted octanol–water partition coefficient (Wildman–Crippen LogP) is 1.86. The fourth-order valence-electron chi connectivity index (χ4n) is 3.05. The fraction of sp³-hybridized carbons (Fsp3) is 0.632. The molecule has 176 valence electrons. The van der Waals surface area contributed by atoms with Gasteiger partial charge in [-0.1, -0.05) is 0 Å². The van der Waals surface area contributed by atoms with Gasteiger partial charge in [-0.3, -0.25) is 9.69 Å². The van der Waals surface area contributed by atoms with E-state index in [1.807, 2.05) is 6.92 Å². The molecule has 2 heterocycles. The Balaban J connectivity index is 0.00000480. The van der Waals surface area contributed by atoms with Crippen LogP contribution in [-0.4, -0.2) is 74.2 Å². The van der Waals surface area contributed by atoms with Crippen molar-refractivity contribution in [2.75, 3.05) is 46.4 Å². The van der Waals surface area contributed by atoms with Gasteiger partial charge in [0.05, 0.1) is 13.1 Å². The lowest BCUT2D eigenvalue weighted by Crippen LogP contribution is -2.50. The zero-order chi connectivity index (χ0) is 22.0. The van der Waals surface area contributed by atoms with E-state index in [2.05, 4.69) is 30.8 Å². The lowest BCUT2D eigenvalue weighted by molar-refractivity contribution is -0.139. The molecule has 3 N–H and O–H groups in total. The summed E-state index contributed by atoms with van der Waals surface area (Å²) >= 11 is 0. The van der Waals surface area contributed by atoms with E-state index in [9.17, 15) is 18.0 Å². The molecule has 0 atom stereocenters. The third-order valence-corrected chi connectivity index (χ3v) is 4.60. The van der Waals surface area contributed by atoms with Gasteiger partial charge in [0, 0.05) is 38.9 Å². The van der Waals surface area contributed by atoms with Gasteiger partial charge in [-0.15, -0.1) is 24.0 Å². The number of halogens is 4. The topological polar surface area (TPSA) is 90.9 Å². The van der Waals surface area contributed by atoms with Gasteiger partial charge in [-0.25, -0.2) is 9.98 Å². The van der Waals surface area contributed by atoms with Gasteiger partial charge < -0.3 is 20.7 Å². The van der Waals surface area contributed by atoms with E-state index in [0.29, 0.717) is 19.0 Å². The summed E-state index contributed by atoms with van der Waals surface area (Å²) in [6.07, 6.45) is -1.53. The second-order valence-corrected chi connectivity index (χ2v) is 6.83. The molecule has 1 fully saturated rings. The number of nitrogens with one attached hydrogen (secondary N) is 3. The number of amides is 1. The summed E-state index contributed by atoms with van der Waals surface area (Å²) in [5.74, 6) is 0.141. The Morgan fingerprint density at radius 3 is 2.68 bits per heavy atom. The third-order valence-electron chi connectivity index (χ3n) is 4.60. The van der Waals surface area contributed by atoms with E-state index in [-0.39, 0.29) is 49.1 Å². The van der Waals surface area contributed by atoms with E-state index in [4.69, 9.17) is 4.74 Å². The highest BCUT2D eigenvalue weighted by molar-refractivity contribution is 14.0. The molecule has 0 aliphatic carbocycles. The van der Waals surface area contributed by atoms with Crippen LogP contribution in [0.3, 0.4) is 0 Å². The number of ether oxygens (including phenoxy) is 1. The maximum Gasteiger partial charge on any atom is 0.421 e. The first-order valence-electron chi connectivity index (χ1n) is 9.96. The quantitative estimate of drug-likeness (QED) is 0.196. The molecule has 0 aromatic carbocycles. The van der Waals surface area contributed by atoms with Crippen molar-refractivity contribution in [1.82, 2.24) is 25.8 Å². The molecule has 31 heavy (non-hydrogen) atoms. The lowest BCUT2D eigenvalue weighted by atomic mass is 10.1. The second-order valence-electron chi connectivity index (χ2n) is 6.83. The number of aromatic nitrogens is 1. The van der Waals surface area contributed by atoms with Crippen LogP contribution < -0.4 is 20.7 Å². The van der Waals surface area contributed by atoms with Crippen molar-refractivity contribution >= 4 is 35.8 Å². The summed E-state index contributed by atoms with van der Waals surface area (Å²) in [5, 5.41) is 9.09. The molecule has 1 saturated heterocycles. The Kier molecular flexibility index (Phi) is 11.9. The first-order valence-corrected chi connectivity index (χ1v) is 9.96. The molecule has 12 heteroatoms.